The minimum Gasteiger partial charge on any atom is -0.344 e. The SMILES string of the molecule is Cc1ccc(-c2noc(C(C)N3CCN(c4nc(-c5ccccc5)ns4)CC3)n2)cc1. The van der Waals surface area contributed by atoms with Gasteiger partial charge in [0.1, 0.15) is 0 Å². The average Bonchev–Trinajstić information content (AvgIpc) is 3.50. The van der Waals surface area contributed by atoms with Crippen LogP contribution < -0.4 is 4.90 Å². The first-order chi connectivity index (χ1) is 15.2. The molecule has 0 aliphatic carbocycles. The van der Waals surface area contributed by atoms with E-state index in [-0.39, 0.29) is 6.04 Å². The topological polar surface area (TPSA) is 71.2 Å². The molecule has 0 saturated carbocycles. The summed E-state index contributed by atoms with van der Waals surface area (Å²) in [6.45, 7) is 7.80. The van der Waals surface area contributed by atoms with Crippen LogP contribution in [0.4, 0.5) is 5.13 Å². The molecule has 158 valence electrons. The lowest BCUT2D eigenvalue weighted by Crippen LogP contribution is -2.47. The molecule has 0 spiro atoms. The number of benzene rings is 2. The van der Waals surface area contributed by atoms with Crippen LogP contribution in [0.25, 0.3) is 22.8 Å². The zero-order chi connectivity index (χ0) is 21.2. The zero-order valence-corrected chi connectivity index (χ0v) is 18.4. The summed E-state index contributed by atoms with van der Waals surface area (Å²) in [5, 5.41) is 5.16. The summed E-state index contributed by atoms with van der Waals surface area (Å²) in [7, 11) is 0. The molecular formula is C23H24N6OS. The van der Waals surface area contributed by atoms with Crippen molar-refractivity contribution in [1.82, 2.24) is 24.4 Å². The molecule has 0 N–H and O–H groups in total. The average molecular weight is 433 g/mol. The molecule has 1 atom stereocenters. The molecule has 1 aliphatic rings. The van der Waals surface area contributed by atoms with E-state index in [0.717, 1.165) is 48.3 Å². The van der Waals surface area contributed by atoms with E-state index < -0.39 is 0 Å². The van der Waals surface area contributed by atoms with Crippen molar-refractivity contribution >= 4 is 16.7 Å². The quantitative estimate of drug-likeness (QED) is 0.461. The molecule has 0 radical (unpaired) electrons. The van der Waals surface area contributed by atoms with E-state index >= 15 is 0 Å². The Hall–Kier alpha value is -3.10. The van der Waals surface area contributed by atoms with E-state index in [9.17, 15) is 0 Å². The first-order valence-electron chi connectivity index (χ1n) is 10.5. The Bertz CT molecular complexity index is 1130. The summed E-state index contributed by atoms with van der Waals surface area (Å²) in [6.07, 6.45) is 0. The molecular weight excluding hydrogens is 408 g/mol. The summed E-state index contributed by atoms with van der Waals surface area (Å²) >= 11 is 1.46. The molecule has 1 saturated heterocycles. The predicted octanol–water partition coefficient (Wildman–Crippen LogP) is 4.45. The molecule has 3 heterocycles. The van der Waals surface area contributed by atoms with E-state index in [1.165, 1.54) is 17.1 Å². The van der Waals surface area contributed by atoms with E-state index in [4.69, 9.17) is 9.51 Å². The summed E-state index contributed by atoms with van der Waals surface area (Å²) in [5.74, 6) is 2.10. The van der Waals surface area contributed by atoms with Gasteiger partial charge in [-0.3, -0.25) is 4.90 Å². The monoisotopic (exact) mass is 432 g/mol. The van der Waals surface area contributed by atoms with Gasteiger partial charge < -0.3 is 9.42 Å². The summed E-state index contributed by atoms with van der Waals surface area (Å²) in [4.78, 5) is 14.1. The van der Waals surface area contributed by atoms with Gasteiger partial charge in [0.2, 0.25) is 16.8 Å². The van der Waals surface area contributed by atoms with Crippen LogP contribution in [0.2, 0.25) is 0 Å². The zero-order valence-electron chi connectivity index (χ0n) is 17.6. The Kier molecular flexibility index (Phi) is 5.48. The second-order valence-corrected chi connectivity index (χ2v) is 8.52. The van der Waals surface area contributed by atoms with E-state index in [0.29, 0.717) is 11.7 Å². The number of hydrogen-bond acceptors (Lipinski definition) is 8. The highest BCUT2D eigenvalue weighted by Crippen LogP contribution is 2.27. The fraction of sp³-hybridized carbons (Fsp3) is 0.304. The molecule has 1 aliphatic heterocycles. The lowest BCUT2D eigenvalue weighted by Gasteiger charge is -2.36. The van der Waals surface area contributed by atoms with Crippen LogP contribution in [0.3, 0.4) is 0 Å². The Labute approximate surface area is 185 Å². The number of aromatic nitrogens is 4. The second kappa shape index (κ2) is 8.56. The predicted molar refractivity (Wildman–Crippen MR) is 122 cm³/mol. The molecule has 2 aromatic heterocycles. The van der Waals surface area contributed by atoms with E-state index in [1.54, 1.807) is 0 Å². The van der Waals surface area contributed by atoms with Crippen LogP contribution in [0.1, 0.15) is 24.4 Å². The van der Waals surface area contributed by atoms with Crippen molar-refractivity contribution in [2.24, 2.45) is 0 Å². The van der Waals surface area contributed by atoms with Gasteiger partial charge in [-0.2, -0.15) is 14.3 Å². The maximum absolute atomic E-state index is 5.59. The minimum absolute atomic E-state index is 0.0724. The third-order valence-corrected chi connectivity index (χ3v) is 6.47. The first kappa shape index (κ1) is 19.8. The number of hydrogen-bond donors (Lipinski definition) is 0. The molecule has 5 rings (SSSR count). The van der Waals surface area contributed by atoms with Gasteiger partial charge in [0.05, 0.1) is 6.04 Å². The van der Waals surface area contributed by atoms with Gasteiger partial charge in [-0.1, -0.05) is 65.3 Å². The van der Waals surface area contributed by atoms with Gasteiger partial charge in [0.15, 0.2) is 5.82 Å². The number of aryl methyl sites for hydroxylation is 1. The molecule has 0 amide bonds. The van der Waals surface area contributed by atoms with Crippen LogP contribution >= 0.6 is 11.5 Å². The van der Waals surface area contributed by atoms with E-state index in [2.05, 4.69) is 50.3 Å². The van der Waals surface area contributed by atoms with Gasteiger partial charge in [-0.05, 0) is 13.8 Å². The lowest BCUT2D eigenvalue weighted by molar-refractivity contribution is 0.164. The highest BCUT2D eigenvalue weighted by atomic mass is 32.1. The summed E-state index contributed by atoms with van der Waals surface area (Å²) in [6, 6.07) is 18.4. The smallest absolute Gasteiger partial charge is 0.244 e. The van der Waals surface area contributed by atoms with Gasteiger partial charge in [-0.15, -0.1) is 0 Å². The summed E-state index contributed by atoms with van der Waals surface area (Å²) < 4.78 is 10.1. The molecule has 31 heavy (non-hydrogen) atoms. The number of nitrogens with zero attached hydrogens (tertiary/aromatic N) is 6. The first-order valence-corrected chi connectivity index (χ1v) is 11.2. The van der Waals surface area contributed by atoms with Gasteiger partial charge >= 0.3 is 0 Å². The van der Waals surface area contributed by atoms with Crippen molar-refractivity contribution < 1.29 is 4.52 Å². The normalized spacial score (nSPS) is 15.9. The minimum atomic E-state index is 0.0724. The van der Waals surface area contributed by atoms with Crippen LogP contribution in [0.15, 0.2) is 59.1 Å². The summed E-state index contributed by atoms with van der Waals surface area (Å²) in [5.41, 5.74) is 3.24. The van der Waals surface area contributed by atoms with Crippen molar-refractivity contribution in [3.05, 3.63) is 66.1 Å². The standard InChI is InChI=1S/C23H24N6OS/c1-16-8-10-19(11-9-16)20-24-22(30-26-20)17(2)28-12-14-29(15-13-28)23-25-21(27-31-23)18-6-4-3-5-7-18/h3-11,17H,12-15H2,1-2H3. The molecule has 1 fully saturated rings. The van der Waals surface area contributed by atoms with Crippen LogP contribution in [0, 0.1) is 6.92 Å². The highest BCUT2D eigenvalue weighted by molar-refractivity contribution is 7.09. The largest absolute Gasteiger partial charge is 0.344 e. The number of rotatable bonds is 5. The molecule has 2 aromatic carbocycles. The van der Waals surface area contributed by atoms with Crippen molar-refractivity contribution in [3.8, 4) is 22.8 Å². The van der Waals surface area contributed by atoms with Gasteiger partial charge in [0.25, 0.3) is 0 Å². The number of anilines is 1. The molecule has 8 heteroatoms. The fourth-order valence-corrected chi connectivity index (χ4v) is 4.47. The second-order valence-electron chi connectivity index (χ2n) is 7.79. The van der Waals surface area contributed by atoms with Crippen molar-refractivity contribution in [3.63, 3.8) is 0 Å². The third kappa shape index (κ3) is 4.22. The Balaban J connectivity index is 1.22. The van der Waals surface area contributed by atoms with Crippen molar-refractivity contribution in [2.75, 3.05) is 31.1 Å². The Morgan fingerprint density at radius 2 is 1.58 bits per heavy atom. The fourth-order valence-electron chi connectivity index (χ4n) is 3.73. The highest BCUT2D eigenvalue weighted by Gasteiger charge is 2.27. The Morgan fingerprint density at radius 1 is 0.871 bits per heavy atom. The maximum Gasteiger partial charge on any atom is 0.244 e. The number of piperazine rings is 1. The van der Waals surface area contributed by atoms with Gasteiger partial charge in [0, 0.05) is 48.8 Å². The van der Waals surface area contributed by atoms with Crippen molar-refractivity contribution in [2.45, 2.75) is 19.9 Å². The molecule has 1 unspecified atom stereocenters. The van der Waals surface area contributed by atoms with Crippen LogP contribution in [-0.2, 0) is 0 Å². The van der Waals surface area contributed by atoms with Gasteiger partial charge in [-0.25, -0.2) is 0 Å². The molecule has 7 nitrogen and oxygen atoms in total. The molecule has 0 bridgehead atoms. The third-order valence-electron chi connectivity index (χ3n) is 5.69. The lowest BCUT2D eigenvalue weighted by atomic mass is 10.1. The van der Waals surface area contributed by atoms with E-state index in [1.807, 2.05) is 42.5 Å². The van der Waals surface area contributed by atoms with Crippen LogP contribution in [-0.4, -0.2) is 50.6 Å². The Morgan fingerprint density at radius 3 is 2.32 bits per heavy atom. The molecule has 4 aromatic rings. The van der Waals surface area contributed by atoms with Crippen LogP contribution in [0.5, 0.6) is 0 Å². The van der Waals surface area contributed by atoms with Crippen molar-refractivity contribution in [1.29, 1.82) is 0 Å². The maximum atomic E-state index is 5.59.